The van der Waals surface area contributed by atoms with Gasteiger partial charge >= 0.3 is 0 Å². The van der Waals surface area contributed by atoms with Crippen molar-refractivity contribution in [3.05, 3.63) is 66.3 Å². The topological polar surface area (TPSA) is 61.2 Å². The largest absolute Gasteiger partial charge is 0.496 e. The zero-order valence-electron chi connectivity index (χ0n) is 16.5. The maximum Gasteiger partial charge on any atom is 0.150 e. The zero-order chi connectivity index (χ0) is 19.6. The molecule has 0 bridgehead atoms. The molecule has 0 atom stereocenters. The van der Waals surface area contributed by atoms with Crippen molar-refractivity contribution in [1.82, 2.24) is 14.5 Å². The Morgan fingerprint density at radius 2 is 2.07 bits per heavy atom. The van der Waals surface area contributed by atoms with Crippen molar-refractivity contribution in [2.24, 2.45) is 0 Å². The van der Waals surface area contributed by atoms with Crippen LogP contribution in [0.4, 0.5) is 5.82 Å². The molecule has 29 heavy (non-hydrogen) atoms. The molecule has 0 amide bonds. The molecular weight excluding hydrogens is 364 g/mol. The molecule has 0 radical (unpaired) electrons. The second-order valence-corrected chi connectivity index (χ2v) is 7.54. The predicted molar refractivity (Wildman–Crippen MR) is 114 cm³/mol. The molecule has 2 aromatic heterocycles. The van der Waals surface area contributed by atoms with Crippen molar-refractivity contribution in [2.45, 2.75) is 25.8 Å². The molecule has 6 heteroatoms. The molecule has 5 rings (SSSR count). The fraction of sp³-hybridized carbons (Fsp3) is 0.304. The monoisotopic (exact) mass is 388 g/mol. The minimum absolute atomic E-state index is 0.355. The lowest BCUT2D eigenvalue weighted by Crippen LogP contribution is -2.28. The van der Waals surface area contributed by atoms with Crippen molar-refractivity contribution in [2.75, 3.05) is 25.1 Å². The lowest BCUT2D eigenvalue weighted by molar-refractivity contribution is 0.0904. The predicted octanol–water partition coefficient (Wildman–Crippen LogP) is 4.25. The van der Waals surface area contributed by atoms with Crippen molar-refractivity contribution in [3.8, 4) is 5.69 Å². The molecule has 0 aliphatic carbocycles. The first-order chi connectivity index (χ1) is 14.3. The van der Waals surface area contributed by atoms with Crippen LogP contribution in [0.3, 0.4) is 0 Å². The van der Waals surface area contributed by atoms with Gasteiger partial charge < -0.3 is 19.4 Å². The Kier molecular flexibility index (Phi) is 4.77. The third kappa shape index (κ3) is 3.51. The molecule has 1 aromatic carbocycles. The Labute approximate surface area is 169 Å². The van der Waals surface area contributed by atoms with Crippen LogP contribution in [0.2, 0.25) is 0 Å². The lowest BCUT2D eigenvalue weighted by Gasteiger charge is -2.24. The Balaban J connectivity index is 1.68. The minimum atomic E-state index is 0.355. The van der Waals surface area contributed by atoms with Gasteiger partial charge in [-0.1, -0.05) is 18.2 Å². The quantitative estimate of drug-likeness (QED) is 0.724. The van der Waals surface area contributed by atoms with E-state index in [0.29, 0.717) is 12.6 Å². The first-order valence-corrected chi connectivity index (χ1v) is 10.0. The van der Waals surface area contributed by atoms with Crippen molar-refractivity contribution >= 4 is 22.4 Å². The Morgan fingerprint density at radius 3 is 2.86 bits per heavy atom. The first kappa shape index (κ1) is 17.9. The van der Waals surface area contributed by atoms with Crippen LogP contribution in [0.1, 0.15) is 24.0 Å². The van der Waals surface area contributed by atoms with E-state index < -0.39 is 0 Å². The molecule has 0 saturated carbocycles. The van der Waals surface area contributed by atoms with Gasteiger partial charge in [0.25, 0.3) is 0 Å². The number of ether oxygens (including phenoxy) is 2. The second kappa shape index (κ2) is 7.72. The van der Waals surface area contributed by atoms with Crippen LogP contribution in [-0.4, -0.2) is 40.4 Å². The van der Waals surface area contributed by atoms with Crippen LogP contribution in [0.5, 0.6) is 0 Å². The van der Waals surface area contributed by atoms with Crippen LogP contribution in [0, 0.1) is 6.92 Å². The summed E-state index contributed by atoms with van der Waals surface area (Å²) < 4.78 is 13.2. The van der Waals surface area contributed by atoms with Gasteiger partial charge in [0.15, 0.2) is 5.65 Å². The molecule has 6 nitrogen and oxygen atoms in total. The number of nitrogens with one attached hydrogen (secondary N) is 1. The molecule has 2 aliphatic heterocycles. The van der Waals surface area contributed by atoms with Gasteiger partial charge in [-0.2, -0.15) is 0 Å². The number of nitrogens with zero attached hydrogens (tertiary/aromatic N) is 3. The third-order valence-corrected chi connectivity index (χ3v) is 5.48. The van der Waals surface area contributed by atoms with E-state index in [1.54, 1.807) is 12.6 Å². The van der Waals surface area contributed by atoms with Gasteiger partial charge in [-0.15, -0.1) is 0 Å². The van der Waals surface area contributed by atoms with E-state index in [1.165, 1.54) is 5.56 Å². The maximum atomic E-state index is 5.57. The van der Waals surface area contributed by atoms with E-state index in [9.17, 15) is 0 Å². The summed E-state index contributed by atoms with van der Waals surface area (Å²) in [6, 6.07) is 8.81. The van der Waals surface area contributed by atoms with Crippen LogP contribution in [0.15, 0.2) is 55.2 Å². The normalized spacial score (nSPS) is 17.2. The summed E-state index contributed by atoms with van der Waals surface area (Å²) in [5, 5.41) is 4.68. The van der Waals surface area contributed by atoms with Crippen molar-refractivity contribution < 1.29 is 9.47 Å². The molecular formula is C23H24N4O2. The molecule has 1 saturated heterocycles. The Morgan fingerprint density at radius 1 is 1.17 bits per heavy atom. The van der Waals surface area contributed by atoms with Crippen molar-refractivity contribution in [3.63, 3.8) is 0 Å². The first-order valence-electron chi connectivity index (χ1n) is 10.0. The summed E-state index contributed by atoms with van der Waals surface area (Å²) in [4.78, 5) is 9.28. The summed E-state index contributed by atoms with van der Waals surface area (Å²) in [5.41, 5.74) is 5.41. The summed E-state index contributed by atoms with van der Waals surface area (Å²) in [5.74, 6) is 0.874. The molecule has 1 N–H and O–H groups in total. The van der Waals surface area contributed by atoms with Gasteiger partial charge in [0.1, 0.15) is 18.8 Å². The number of aromatic nitrogens is 3. The molecule has 3 aromatic rings. The van der Waals surface area contributed by atoms with Crippen molar-refractivity contribution in [1.29, 1.82) is 0 Å². The standard InChI is InChI=1S/C23H24N4O2/c1-16-4-2-6-19(12-16)27-13-20(17-5-3-9-29-14-17)21-22(24-15-25-23(21)27)26-18-7-10-28-11-8-18/h2-6,9,12-13,15,18H,7-8,10-11,14H2,1H3,(H,24,25,26). The summed E-state index contributed by atoms with van der Waals surface area (Å²) in [7, 11) is 0. The molecule has 0 spiro atoms. The highest BCUT2D eigenvalue weighted by molar-refractivity contribution is 5.99. The van der Waals surface area contributed by atoms with Gasteiger partial charge in [0.05, 0.1) is 11.6 Å². The average Bonchev–Trinajstić information content (AvgIpc) is 3.16. The minimum Gasteiger partial charge on any atom is -0.496 e. The van der Waals surface area contributed by atoms with Crippen LogP contribution in [0.25, 0.3) is 22.3 Å². The summed E-state index contributed by atoms with van der Waals surface area (Å²) in [6.45, 7) is 4.21. The van der Waals surface area contributed by atoms with Gasteiger partial charge in [-0.3, -0.25) is 0 Å². The average molecular weight is 388 g/mol. The number of fused-ring (bicyclic) bond motifs is 1. The van der Waals surface area contributed by atoms with Gasteiger partial charge in [0, 0.05) is 36.7 Å². The number of hydrogen-bond donors (Lipinski definition) is 1. The fourth-order valence-electron chi connectivity index (χ4n) is 3.99. The van der Waals surface area contributed by atoms with E-state index in [1.807, 2.05) is 6.08 Å². The number of benzene rings is 1. The van der Waals surface area contributed by atoms with E-state index in [0.717, 1.165) is 59.7 Å². The van der Waals surface area contributed by atoms with Crippen LogP contribution in [-0.2, 0) is 9.47 Å². The zero-order valence-corrected chi connectivity index (χ0v) is 16.5. The number of allylic oxidation sites excluding steroid dienone is 2. The van der Waals surface area contributed by atoms with Gasteiger partial charge in [-0.05, 0) is 49.1 Å². The highest BCUT2D eigenvalue weighted by atomic mass is 16.5. The highest BCUT2D eigenvalue weighted by Crippen LogP contribution is 2.34. The molecule has 0 unspecified atom stereocenters. The van der Waals surface area contributed by atoms with Crippen LogP contribution < -0.4 is 5.32 Å². The fourth-order valence-corrected chi connectivity index (χ4v) is 3.99. The maximum absolute atomic E-state index is 5.57. The third-order valence-electron chi connectivity index (χ3n) is 5.48. The van der Waals surface area contributed by atoms with E-state index in [2.05, 4.69) is 63.3 Å². The molecule has 1 fully saturated rings. The van der Waals surface area contributed by atoms with E-state index >= 15 is 0 Å². The number of rotatable bonds is 4. The number of anilines is 1. The summed E-state index contributed by atoms with van der Waals surface area (Å²) >= 11 is 0. The SMILES string of the molecule is Cc1cccc(-n2cc(C3=CC=COC3)c3c(NC4CCOCC4)ncnc32)c1. The number of aryl methyl sites for hydroxylation is 1. The molecule has 2 aliphatic rings. The molecule has 4 heterocycles. The van der Waals surface area contributed by atoms with E-state index in [4.69, 9.17) is 9.47 Å². The smallest absolute Gasteiger partial charge is 0.150 e. The number of hydrogen-bond acceptors (Lipinski definition) is 5. The molecule has 148 valence electrons. The Hall–Kier alpha value is -3.12. The second-order valence-electron chi connectivity index (χ2n) is 7.54. The lowest BCUT2D eigenvalue weighted by atomic mass is 10.0. The van der Waals surface area contributed by atoms with E-state index in [-0.39, 0.29) is 0 Å². The van der Waals surface area contributed by atoms with Gasteiger partial charge in [-0.25, -0.2) is 9.97 Å². The Bertz CT molecular complexity index is 1090. The summed E-state index contributed by atoms with van der Waals surface area (Å²) in [6.07, 6.45) is 11.5. The van der Waals surface area contributed by atoms with Gasteiger partial charge in [0.2, 0.25) is 0 Å². The highest BCUT2D eigenvalue weighted by Gasteiger charge is 2.22. The van der Waals surface area contributed by atoms with Crippen LogP contribution >= 0.6 is 0 Å².